The fraction of sp³-hybridized carbons (Fsp3) is 0.143. The number of amides is 1. The Labute approximate surface area is 120 Å². The number of benzene rings is 1. The van der Waals surface area contributed by atoms with Crippen molar-refractivity contribution in [3.05, 3.63) is 53.6 Å². The molecule has 20 heavy (non-hydrogen) atoms. The zero-order chi connectivity index (χ0) is 14.7. The SMILES string of the molecule is C[C@H](C(=O)Nc1ccc(F)cc1Cl)[n+]1cccc(O)c1. The average Bonchev–Trinajstić information content (AvgIpc) is 2.41. The number of aromatic nitrogens is 1. The molecule has 1 amide bonds. The number of carbonyl (C=O) groups excluding carboxylic acids is 1. The van der Waals surface area contributed by atoms with Gasteiger partial charge in [-0.05, 0) is 24.3 Å². The molecule has 0 bridgehead atoms. The largest absolute Gasteiger partial charge is 0.503 e. The van der Waals surface area contributed by atoms with Crippen LogP contribution in [0.4, 0.5) is 10.1 Å². The quantitative estimate of drug-likeness (QED) is 0.856. The summed E-state index contributed by atoms with van der Waals surface area (Å²) in [5, 5.41) is 12.1. The molecular weight excluding hydrogens is 283 g/mol. The number of carbonyl (C=O) groups is 1. The van der Waals surface area contributed by atoms with Gasteiger partial charge in [0.2, 0.25) is 12.2 Å². The van der Waals surface area contributed by atoms with Crippen molar-refractivity contribution in [3.63, 3.8) is 0 Å². The van der Waals surface area contributed by atoms with Crippen molar-refractivity contribution in [1.29, 1.82) is 0 Å². The molecule has 0 aliphatic heterocycles. The smallest absolute Gasteiger partial charge is 0.293 e. The zero-order valence-corrected chi connectivity index (χ0v) is 11.4. The van der Waals surface area contributed by atoms with E-state index in [4.69, 9.17) is 11.6 Å². The molecule has 2 N–H and O–H groups in total. The Balaban J connectivity index is 2.15. The molecule has 0 saturated heterocycles. The highest BCUT2D eigenvalue weighted by molar-refractivity contribution is 6.33. The van der Waals surface area contributed by atoms with Gasteiger partial charge in [-0.1, -0.05) is 11.6 Å². The number of hydrogen-bond acceptors (Lipinski definition) is 2. The van der Waals surface area contributed by atoms with E-state index < -0.39 is 11.9 Å². The third-order valence-corrected chi connectivity index (χ3v) is 3.13. The average molecular weight is 296 g/mol. The third kappa shape index (κ3) is 3.24. The van der Waals surface area contributed by atoms with E-state index in [1.165, 1.54) is 24.4 Å². The standard InChI is InChI=1S/C14H12ClFN2O2/c1-9(18-6-2-3-11(19)8-18)14(20)17-13-5-4-10(16)7-12(13)15/h2-9H,1H3,(H-,17,19,20)/p+1/t9-/m1/s1. The van der Waals surface area contributed by atoms with Crippen molar-refractivity contribution in [2.45, 2.75) is 13.0 Å². The van der Waals surface area contributed by atoms with E-state index in [9.17, 15) is 14.3 Å². The summed E-state index contributed by atoms with van der Waals surface area (Å²) in [5.41, 5.74) is 0.339. The summed E-state index contributed by atoms with van der Waals surface area (Å²) in [7, 11) is 0. The van der Waals surface area contributed by atoms with E-state index in [0.717, 1.165) is 6.07 Å². The minimum absolute atomic E-state index is 0.0620. The van der Waals surface area contributed by atoms with Crippen LogP contribution in [0.5, 0.6) is 5.75 Å². The maximum absolute atomic E-state index is 12.9. The van der Waals surface area contributed by atoms with Gasteiger partial charge < -0.3 is 10.4 Å². The number of nitrogens with one attached hydrogen (secondary N) is 1. The summed E-state index contributed by atoms with van der Waals surface area (Å²) >= 11 is 5.85. The topological polar surface area (TPSA) is 53.2 Å². The van der Waals surface area contributed by atoms with E-state index in [-0.39, 0.29) is 16.7 Å². The Morgan fingerprint density at radius 2 is 2.20 bits per heavy atom. The first-order valence-corrected chi connectivity index (χ1v) is 6.31. The van der Waals surface area contributed by atoms with Crippen LogP contribution in [0.15, 0.2) is 42.7 Å². The summed E-state index contributed by atoms with van der Waals surface area (Å²) in [6.07, 6.45) is 3.10. The van der Waals surface area contributed by atoms with Crippen molar-refractivity contribution in [3.8, 4) is 5.75 Å². The lowest BCUT2D eigenvalue weighted by atomic mass is 10.2. The van der Waals surface area contributed by atoms with Gasteiger partial charge in [0.15, 0.2) is 11.9 Å². The zero-order valence-electron chi connectivity index (χ0n) is 10.7. The molecule has 104 valence electrons. The van der Waals surface area contributed by atoms with Gasteiger partial charge in [-0.2, -0.15) is 4.57 Å². The molecule has 0 fully saturated rings. The minimum Gasteiger partial charge on any atom is -0.503 e. The number of pyridine rings is 1. The molecule has 0 aliphatic carbocycles. The lowest BCUT2D eigenvalue weighted by Crippen LogP contribution is -2.43. The Hall–Kier alpha value is -2.14. The van der Waals surface area contributed by atoms with E-state index in [2.05, 4.69) is 5.32 Å². The van der Waals surface area contributed by atoms with Crippen LogP contribution in [0.3, 0.4) is 0 Å². The molecule has 1 aromatic heterocycles. The molecule has 0 aliphatic rings. The maximum Gasteiger partial charge on any atom is 0.293 e. The molecule has 0 radical (unpaired) electrons. The second kappa shape index (κ2) is 5.88. The minimum atomic E-state index is -0.553. The Morgan fingerprint density at radius 3 is 2.85 bits per heavy atom. The molecule has 6 heteroatoms. The van der Waals surface area contributed by atoms with Crippen LogP contribution in [-0.2, 0) is 4.79 Å². The summed E-state index contributed by atoms with van der Waals surface area (Å²) in [6, 6.07) is 6.33. The van der Waals surface area contributed by atoms with Gasteiger partial charge in [0.25, 0.3) is 5.91 Å². The van der Waals surface area contributed by atoms with Gasteiger partial charge in [-0.25, -0.2) is 4.39 Å². The molecule has 0 saturated carbocycles. The first kappa shape index (κ1) is 14.3. The lowest BCUT2D eigenvalue weighted by molar-refractivity contribution is -0.705. The van der Waals surface area contributed by atoms with Gasteiger partial charge in [-0.3, -0.25) is 4.79 Å². The van der Waals surface area contributed by atoms with E-state index >= 15 is 0 Å². The predicted molar refractivity (Wildman–Crippen MR) is 73.1 cm³/mol. The van der Waals surface area contributed by atoms with Crippen LogP contribution < -0.4 is 9.88 Å². The molecular formula is C14H13ClFN2O2+. The number of aromatic hydroxyl groups is 1. The van der Waals surface area contributed by atoms with Crippen LogP contribution in [0.2, 0.25) is 5.02 Å². The van der Waals surface area contributed by atoms with Crippen LogP contribution in [0.1, 0.15) is 13.0 Å². The van der Waals surface area contributed by atoms with Crippen molar-refractivity contribution in [2.75, 3.05) is 5.32 Å². The molecule has 1 aromatic carbocycles. The molecule has 1 atom stereocenters. The normalized spacial score (nSPS) is 11.9. The first-order valence-electron chi connectivity index (χ1n) is 5.93. The fourth-order valence-corrected chi connectivity index (χ4v) is 1.90. The Bertz CT molecular complexity index is 649. The van der Waals surface area contributed by atoms with Gasteiger partial charge in [0.05, 0.1) is 10.7 Å². The van der Waals surface area contributed by atoms with E-state index in [1.54, 1.807) is 23.8 Å². The summed E-state index contributed by atoms with van der Waals surface area (Å²) in [4.78, 5) is 12.1. The molecule has 2 rings (SSSR count). The van der Waals surface area contributed by atoms with Crippen molar-refractivity contribution in [1.82, 2.24) is 0 Å². The number of rotatable bonds is 3. The summed E-state index contributed by atoms with van der Waals surface area (Å²) < 4.78 is 14.5. The van der Waals surface area contributed by atoms with Gasteiger partial charge in [0.1, 0.15) is 5.82 Å². The predicted octanol–water partition coefficient (Wildman–Crippen LogP) is 2.67. The van der Waals surface area contributed by atoms with E-state index in [1.807, 2.05) is 0 Å². The van der Waals surface area contributed by atoms with Crippen LogP contribution in [0, 0.1) is 5.82 Å². The molecule has 0 unspecified atom stereocenters. The van der Waals surface area contributed by atoms with Gasteiger partial charge >= 0.3 is 0 Å². The van der Waals surface area contributed by atoms with Gasteiger partial charge in [-0.15, -0.1) is 0 Å². The second-order valence-electron chi connectivity index (χ2n) is 4.30. The molecule has 2 aromatic rings. The first-order chi connectivity index (χ1) is 9.47. The number of nitrogens with zero attached hydrogens (tertiary/aromatic N) is 1. The number of hydrogen-bond donors (Lipinski definition) is 2. The monoisotopic (exact) mass is 295 g/mol. The fourth-order valence-electron chi connectivity index (χ4n) is 1.68. The highest BCUT2D eigenvalue weighted by atomic mass is 35.5. The summed E-state index contributed by atoms with van der Waals surface area (Å²) in [5.74, 6) is -0.732. The highest BCUT2D eigenvalue weighted by Crippen LogP contribution is 2.22. The number of anilines is 1. The van der Waals surface area contributed by atoms with Crippen LogP contribution in [-0.4, -0.2) is 11.0 Å². The highest BCUT2D eigenvalue weighted by Gasteiger charge is 2.23. The third-order valence-electron chi connectivity index (χ3n) is 2.82. The van der Waals surface area contributed by atoms with Crippen molar-refractivity contribution in [2.24, 2.45) is 0 Å². The molecule has 1 heterocycles. The Kier molecular flexibility index (Phi) is 4.20. The van der Waals surface area contributed by atoms with Crippen LogP contribution >= 0.6 is 11.6 Å². The van der Waals surface area contributed by atoms with E-state index in [0.29, 0.717) is 5.69 Å². The Morgan fingerprint density at radius 1 is 1.45 bits per heavy atom. The van der Waals surface area contributed by atoms with Crippen LogP contribution in [0.25, 0.3) is 0 Å². The summed E-state index contributed by atoms with van der Waals surface area (Å²) in [6.45, 7) is 1.67. The maximum atomic E-state index is 12.9. The number of halogens is 2. The van der Waals surface area contributed by atoms with Gasteiger partial charge in [0, 0.05) is 13.0 Å². The van der Waals surface area contributed by atoms with Crippen molar-refractivity contribution < 1.29 is 18.9 Å². The van der Waals surface area contributed by atoms with Crippen molar-refractivity contribution >= 4 is 23.2 Å². The molecule has 0 spiro atoms. The lowest BCUT2D eigenvalue weighted by Gasteiger charge is -2.10. The second-order valence-corrected chi connectivity index (χ2v) is 4.71. The molecule has 4 nitrogen and oxygen atoms in total.